The number of alkyl carbamates (subject to hydrolysis) is 1. The number of nitrogens with zero attached hydrogens (tertiary/aromatic N) is 1. The molecule has 0 radical (unpaired) electrons. The van der Waals surface area contributed by atoms with Crippen LogP contribution in [0.2, 0.25) is 0 Å². The first-order valence-electron chi connectivity index (χ1n) is 10.6. The van der Waals surface area contributed by atoms with E-state index in [1.807, 2.05) is 36.4 Å². The van der Waals surface area contributed by atoms with Crippen molar-refractivity contribution >= 4 is 28.9 Å². The van der Waals surface area contributed by atoms with Gasteiger partial charge in [-0.2, -0.15) is 0 Å². The summed E-state index contributed by atoms with van der Waals surface area (Å²) in [5, 5.41) is 4.10. The van der Waals surface area contributed by atoms with Crippen LogP contribution in [-0.2, 0) is 14.3 Å². The van der Waals surface area contributed by atoms with Crippen molar-refractivity contribution < 1.29 is 28.5 Å². The lowest BCUT2D eigenvalue weighted by molar-refractivity contribution is -0.136. The van der Waals surface area contributed by atoms with Gasteiger partial charge in [-0.1, -0.05) is 18.2 Å². The Morgan fingerprint density at radius 1 is 0.941 bits per heavy atom. The van der Waals surface area contributed by atoms with Gasteiger partial charge in [-0.25, -0.2) is 9.59 Å². The molecular weight excluding hydrogens is 436 g/mol. The van der Waals surface area contributed by atoms with Crippen LogP contribution >= 0.6 is 0 Å². The lowest BCUT2D eigenvalue weighted by Gasteiger charge is -2.20. The number of fused-ring (bicyclic) bond motifs is 1. The number of hydrogen-bond acceptors (Lipinski definition) is 7. The number of ether oxygens (including phenoxy) is 4. The van der Waals surface area contributed by atoms with Gasteiger partial charge in [-0.3, -0.25) is 10.3 Å². The summed E-state index contributed by atoms with van der Waals surface area (Å²) in [6.45, 7) is 5.21. The van der Waals surface area contributed by atoms with Gasteiger partial charge in [0, 0.05) is 17.8 Å². The topological polar surface area (TPSA) is 96.0 Å². The molecule has 34 heavy (non-hydrogen) atoms. The zero-order valence-electron chi connectivity index (χ0n) is 20.1. The molecule has 0 saturated carbocycles. The van der Waals surface area contributed by atoms with Crippen molar-refractivity contribution in [3.8, 4) is 22.6 Å². The van der Waals surface area contributed by atoms with Crippen molar-refractivity contribution in [2.75, 3.05) is 21.3 Å². The number of pyridine rings is 1. The molecule has 8 nitrogen and oxygen atoms in total. The smallest absolute Gasteiger partial charge is 0.412 e. The second-order valence-corrected chi connectivity index (χ2v) is 8.34. The molecule has 0 bridgehead atoms. The lowest BCUT2D eigenvalue weighted by Crippen LogP contribution is -2.34. The van der Waals surface area contributed by atoms with E-state index in [2.05, 4.69) is 10.3 Å². The largest absolute Gasteiger partial charge is 0.496 e. The summed E-state index contributed by atoms with van der Waals surface area (Å²) in [5.74, 6) is 0.591. The Labute approximate surface area is 198 Å². The second-order valence-electron chi connectivity index (χ2n) is 8.34. The van der Waals surface area contributed by atoms with Crippen LogP contribution in [-0.4, -0.2) is 44.0 Å². The number of aromatic nitrogens is 1. The Hall–Kier alpha value is -4.07. The summed E-state index contributed by atoms with van der Waals surface area (Å²) in [6, 6.07) is 11.1. The molecule has 1 amide bonds. The molecule has 0 fully saturated rings. The highest BCUT2D eigenvalue weighted by Crippen LogP contribution is 2.42. The van der Waals surface area contributed by atoms with Crippen LogP contribution in [0.4, 0.5) is 4.79 Å². The minimum Gasteiger partial charge on any atom is -0.496 e. The highest BCUT2D eigenvalue weighted by Gasteiger charge is 2.21. The van der Waals surface area contributed by atoms with E-state index < -0.39 is 17.7 Å². The van der Waals surface area contributed by atoms with Crippen molar-refractivity contribution in [3.63, 3.8) is 0 Å². The molecule has 0 aliphatic rings. The maximum absolute atomic E-state index is 12.4. The minimum atomic E-state index is -0.759. The van der Waals surface area contributed by atoms with Gasteiger partial charge in [0.25, 0.3) is 0 Å². The number of nitrogens with one attached hydrogen (secondary N) is 1. The Morgan fingerprint density at radius 3 is 2.21 bits per heavy atom. The van der Waals surface area contributed by atoms with E-state index in [-0.39, 0.29) is 5.70 Å². The van der Waals surface area contributed by atoms with Crippen molar-refractivity contribution in [2.45, 2.75) is 26.4 Å². The van der Waals surface area contributed by atoms with Gasteiger partial charge in [0.1, 0.15) is 22.8 Å². The number of carbonyl (C=O) groups excluding carboxylic acids is 2. The third kappa shape index (κ3) is 5.46. The fourth-order valence-corrected chi connectivity index (χ4v) is 3.50. The predicted molar refractivity (Wildman–Crippen MR) is 130 cm³/mol. The Bertz CT molecular complexity index is 1220. The van der Waals surface area contributed by atoms with Gasteiger partial charge in [-0.15, -0.1) is 0 Å². The molecule has 0 unspecified atom stereocenters. The minimum absolute atomic E-state index is 0.0579. The number of esters is 1. The van der Waals surface area contributed by atoms with E-state index in [1.54, 1.807) is 53.5 Å². The predicted octanol–water partition coefficient (Wildman–Crippen LogP) is 4.96. The van der Waals surface area contributed by atoms with E-state index in [9.17, 15) is 9.59 Å². The van der Waals surface area contributed by atoms with Crippen LogP contribution in [0, 0.1) is 0 Å². The molecule has 0 aliphatic heterocycles. The van der Waals surface area contributed by atoms with Crippen molar-refractivity contribution in [1.29, 1.82) is 0 Å². The molecule has 3 aromatic rings. The molecular formula is C26H28N2O6. The van der Waals surface area contributed by atoms with Crippen molar-refractivity contribution in [3.05, 3.63) is 60.1 Å². The van der Waals surface area contributed by atoms with Crippen LogP contribution in [0.15, 0.2) is 54.5 Å². The highest BCUT2D eigenvalue weighted by atomic mass is 16.6. The van der Waals surface area contributed by atoms with E-state index >= 15 is 0 Å². The molecule has 0 aliphatic carbocycles. The molecule has 0 atom stereocenters. The first-order valence-corrected chi connectivity index (χ1v) is 10.6. The number of benzene rings is 2. The zero-order valence-corrected chi connectivity index (χ0v) is 20.1. The molecule has 2 aromatic carbocycles. The molecule has 178 valence electrons. The molecule has 1 N–H and O–H groups in total. The molecule has 8 heteroatoms. The van der Waals surface area contributed by atoms with Gasteiger partial charge in [0.15, 0.2) is 0 Å². The van der Waals surface area contributed by atoms with Crippen LogP contribution < -0.4 is 14.8 Å². The van der Waals surface area contributed by atoms with Gasteiger partial charge in [0.05, 0.1) is 26.9 Å². The van der Waals surface area contributed by atoms with Gasteiger partial charge in [-0.05, 0) is 61.6 Å². The highest BCUT2D eigenvalue weighted by molar-refractivity contribution is 6.05. The standard InChI is InChI=1S/C26H28N2O6/c1-26(2,3)34-25(30)28-20(24(29)33-6)14-16-10-11-18(19-15-27-13-12-17(16)19)23-21(31-4)8-7-9-22(23)32-5/h7-15H,1-6H3,(H,28,30)/b20-14-. The number of rotatable bonds is 6. The van der Waals surface area contributed by atoms with Gasteiger partial charge in [0.2, 0.25) is 0 Å². The Morgan fingerprint density at radius 2 is 1.62 bits per heavy atom. The van der Waals surface area contributed by atoms with Gasteiger partial charge < -0.3 is 18.9 Å². The maximum atomic E-state index is 12.4. The van der Waals surface area contributed by atoms with Crippen LogP contribution in [0.3, 0.4) is 0 Å². The maximum Gasteiger partial charge on any atom is 0.412 e. The summed E-state index contributed by atoms with van der Waals surface area (Å²) < 4.78 is 21.3. The van der Waals surface area contributed by atoms with Crippen LogP contribution in [0.5, 0.6) is 11.5 Å². The molecule has 3 rings (SSSR count). The first kappa shape index (κ1) is 24.6. The molecule has 1 heterocycles. The zero-order chi connectivity index (χ0) is 24.9. The number of methoxy groups -OCH3 is 3. The molecule has 0 saturated heterocycles. The van der Waals surface area contributed by atoms with Crippen molar-refractivity contribution in [2.24, 2.45) is 0 Å². The van der Waals surface area contributed by atoms with Gasteiger partial charge >= 0.3 is 12.1 Å². The van der Waals surface area contributed by atoms with E-state index in [0.717, 1.165) is 21.9 Å². The third-order valence-corrected chi connectivity index (χ3v) is 4.89. The summed E-state index contributed by atoms with van der Waals surface area (Å²) >= 11 is 0. The summed E-state index contributed by atoms with van der Waals surface area (Å²) in [7, 11) is 4.44. The lowest BCUT2D eigenvalue weighted by atomic mass is 9.94. The quantitative estimate of drug-likeness (QED) is 0.407. The fraction of sp³-hybridized carbons (Fsp3) is 0.269. The molecule has 1 aromatic heterocycles. The molecule has 0 spiro atoms. The third-order valence-electron chi connectivity index (χ3n) is 4.89. The second kappa shape index (κ2) is 10.2. The number of hydrogen-bond donors (Lipinski definition) is 1. The summed E-state index contributed by atoms with van der Waals surface area (Å²) in [4.78, 5) is 29.0. The fourth-order valence-electron chi connectivity index (χ4n) is 3.50. The van der Waals surface area contributed by atoms with Crippen LogP contribution in [0.1, 0.15) is 26.3 Å². The van der Waals surface area contributed by atoms with E-state index in [1.165, 1.54) is 7.11 Å². The van der Waals surface area contributed by atoms with Crippen molar-refractivity contribution in [1.82, 2.24) is 10.3 Å². The number of carbonyl (C=O) groups is 2. The monoisotopic (exact) mass is 464 g/mol. The van der Waals surface area contributed by atoms with E-state index in [0.29, 0.717) is 17.1 Å². The van der Waals surface area contributed by atoms with Crippen LogP contribution in [0.25, 0.3) is 28.0 Å². The normalized spacial score (nSPS) is 11.6. The van der Waals surface area contributed by atoms with E-state index in [4.69, 9.17) is 18.9 Å². The Balaban J connectivity index is 2.16. The summed E-state index contributed by atoms with van der Waals surface area (Å²) in [5.41, 5.74) is 1.51. The SMILES string of the molecule is COC(=O)/C(=C/c1ccc(-c2c(OC)cccc2OC)c2cnccc12)NC(=O)OC(C)(C)C. The average Bonchev–Trinajstić information content (AvgIpc) is 2.81. The number of amides is 1. The first-order chi connectivity index (χ1) is 16.2. The average molecular weight is 465 g/mol. The Kier molecular flexibility index (Phi) is 7.40. The summed E-state index contributed by atoms with van der Waals surface area (Å²) in [6.07, 6.45) is 4.17.